The molecule has 26 heavy (non-hydrogen) atoms. The Kier molecular flexibility index (Phi) is 7.34. The predicted octanol–water partition coefficient (Wildman–Crippen LogP) is 3.76. The van der Waals surface area contributed by atoms with Crippen molar-refractivity contribution in [1.82, 2.24) is 0 Å². The molecule has 0 aliphatic heterocycles. The maximum atomic E-state index is 12.6. The van der Waals surface area contributed by atoms with Crippen LogP contribution in [0.1, 0.15) is 20.3 Å². The van der Waals surface area contributed by atoms with Gasteiger partial charge in [-0.1, -0.05) is 13.8 Å². The number of esters is 2. The van der Waals surface area contributed by atoms with Gasteiger partial charge in [0.1, 0.15) is 11.5 Å². The van der Waals surface area contributed by atoms with Gasteiger partial charge >= 0.3 is 24.0 Å². The molecule has 1 unspecified atom stereocenters. The Balaban J connectivity index is 2.46. The van der Waals surface area contributed by atoms with Crippen molar-refractivity contribution in [3.05, 3.63) is 24.3 Å². The molecule has 0 aliphatic rings. The largest absolute Gasteiger partial charge is 0.482 e. The summed E-state index contributed by atoms with van der Waals surface area (Å²) in [5.41, 5.74) is 0. The van der Waals surface area contributed by atoms with E-state index in [1.165, 1.54) is 24.3 Å². The summed E-state index contributed by atoms with van der Waals surface area (Å²) in [5.74, 6) is -6.89. The number of carbonyl (C=O) groups excluding carboxylic acids is 2. The zero-order valence-corrected chi connectivity index (χ0v) is 13.9. The average Bonchev–Trinajstić information content (AvgIpc) is 2.57. The van der Waals surface area contributed by atoms with Crippen LogP contribution in [-0.2, 0) is 14.3 Å². The molecule has 0 spiro atoms. The van der Waals surface area contributed by atoms with Crippen LogP contribution in [0, 0.1) is 5.92 Å². The molecule has 0 saturated heterocycles. The smallest absolute Gasteiger partial charge is 0.456 e. The van der Waals surface area contributed by atoms with Crippen molar-refractivity contribution < 1.29 is 45.8 Å². The number of ether oxygens (including phenoxy) is 3. The van der Waals surface area contributed by atoms with E-state index in [4.69, 9.17) is 9.47 Å². The maximum Gasteiger partial charge on any atom is 0.456 e. The number of hydrogen-bond donors (Lipinski definition) is 0. The normalized spacial score (nSPS) is 13.0. The summed E-state index contributed by atoms with van der Waals surface area (Å²) in [6.07, 6.45) is -5.20. The lowest BCUT2D eigenvalue weighted by Gasteiger charge is -2.19. The fourth-order valence-corrected chi connectivity index (χ4v) is 1.42. The lowest BCUT2D eigenvalue weighted by atomic mass is 10.1. The molecule has 0 heterocycles. The van der Waals surface area contributed by atoms with Crippen LogP contribution in [0.15, 0.2) is 24.3 Å². The van der Waals surface area contributed by atoms with E-state index >= 15 is 0 Å². The van der Waals surface area contributed by atoms with Gasteiger partial charge in [0.25, 0.3) is 0 Å². The molecule has 1 rings (SSSR count). The van der Waals surface area contributed by atoms with Gasteiger partial charge in [-0.2, -0.15) is 22.0 Å². The van der Waals surface area contributed by atoms with Crippen LogP contribution in [0.2, 0.25) is 0 Å². The third-order valence-corrected chi connectivity index (χ3v) is 3.24. The lowest BCUT2D eigenvalue weighted by Crippen LogP contribution is -2.41. The highest BCUT2D eigenvalue weighted by molar-refractivity contribution is 5.74. The van der Waals surface area contributed by atoms with Crippen molar-refractivity contribution in [3.8, 4) is 11.5 Å². The van der Waals surface area contributed by atoms with Gasteiger partial charge in [-0.3, -0.25) is 4.79 Å². The highest BCUT2D eigenvalue weighted by Gasteiger charge is 2.58. The van der Waals surface area contributed by atoms with E-state index in [-0.39, 0.29) is 17.4 Å². The van der Waals surface area contributed by atoms with E-state index in [0.717, 1.165) is 0 Å². The van der Waals surface area contributed by atoms with E-state index < -0.39 is 37.3 Å². The van der Waals surface area contributed by atoms with E-state index in [9.17, 15) is 31.5 Å². The Hall–Kier alpha value is -2.39. The van der Waals surface area contributed by atoms with Crippen LogP contribution in [0.5, 0.6) is 11.5 Å². The Labute approximate surface area is 146 Å². The molecule has 0 amide bonds. The average molecular weight is 384 g/mol. The molecule has 146 valence electrons. The third kappa shape index (κ3) is 6.49. The summed E-state index contributed by atoms with van der Waals surface area (Å²) in [6, 6.07) is 5.41. The van der Waals surface area contributed by atoms with Crippen LogP contribution < -0.4 is 9.47 Å². The first kappa shape index (κ1) is 21.7. The first-order valence-electron chi connectivity index (χ1n) is 7.51. The molecule has 0 bridgehead atoms. The molecule has 10 heteroatoms. The minimum absolute atomic E-state index is 0.105. The number of hydrogen-bond acceptors (Lipinski definition) is 5. The van der Waals surface area contributed by atoms with Crippen molar-refractivity contribution in [2.45, 2.75) is 32.4 Å². The maximum absolute atomic E-state index is 12.6. The monoisotopic (exact) mass is 384 g/mol. The van der Waals surface area contributed by atoms with Gasteiger partial charge < -0.3 is 14.2 Å². The predicted molar refractivity (Wildman–Crippen MR) is 79.0 cm³/mol. The quantitative estimate of drug-likeness (QED) is 0.388. The lowest BCUT2D eigenvalue weighted by molar-refractivity contribution is -0.294. The van der Waals surface area contributed by atoms with Gasteiger partial charge in [-0.05, 0) is 30.7 Å². The molecule has 0 radical (unpaired) electrons. The molecule has 0 N–H and O–H groups in total. The summed E-state index contributed by atoms with van der Waals surface area (Å²) in [7, 11) is 0. The van der Waals surface area contributed by atoms with Crippen LogP contribution in [0.25, 0.3) is 0 Å². The van der Waals surface area contributed by atoms with Crippen LogP contribution in [0.4, 0.5) is 22.0 Å². The molecule has 1 aromatic rings. The second kappa shape index (κ2) is 8.81. The zero-order valence-electron chi connectivity index (χ0n) is 13.9. The fourth-order valence-electron chi connectivity index (χ4n) is 1.42. The number of halogens is 5. The van der Waals surface area contributed by atoms with Gasteiger partial charge in [0.05, 0.1) is 5.92 Å². The second-order valence-corrected chi connectivity index (χ2v) is 5.35. The fraction of sp³-hybridized carbons (Fsp3) is 0.500. The molecule has 0 aromatic heterocycles. The molecular formula is C16H17F5O5. The van der Waals surface area contributed by atoms with Crippen molar-refractivity contribution in [2.24, 2.45) is 5.92 Å². The summed E-state index contributed by atoms with van der Waals surface area (Å²) < 4.78 is 74.8. The van der Waals surface area contributed by atoms with E-state index in [2.05, 4.69) is 4.74 Å². The van der Waals surface area contributed by atoms with E-state index in [1.807, 2.05) is 6.92 Å². The number of rotatable bonds is 8. The highest BCUT2D eigenvalue weighted by Crippen LogP contribution is 2.35. The second-order valence-electron chi connectivity index (χ2n) is 5.35. The number of benzene rings is 1. The molecule has 5 nitrogen and oxygen atoms in total. The number of carbonyl (C=O) groups is 2. The van der Waals surface area contributed by atoms with Gasteiger partial charge in [-0.15, -0.1) is 0 Å². The van der Waals surface area contributed by atoms with Crippen LogP contribution in [-0.4, -0.2) is 37.3 Å². The van der Waals surface area contributed by atoms with Crippen molar-refractivity contribution in [2.75, 3.05) is 13.2 Å². The third-order valence-electron chi connectivity index (χ3n) is 3.24. The summed E-state index contributed by atoms with van der Waals surface area (Å²) in [6.45, 7) is 0.545. The molecule has 1 atom stereocenters. The summed E-state index contributed by atoms with van der Waals surface area (Å²) in [4.78, 5) is 22.8. The first-order chi connectivity index (χ1) is 12.0. The van der Waals surface area contributed by atoms with Gasteiger partial charge in [0, 0.05) is 0 Å². The van der Waals surface area contributed by atoms with Gasteiger partial charge in [0.2, 0.25) is 0 Å². The van der Waals surface area contributed by atoms with E-state index in [1.54, 1.807) is 6.92 Å². The van der Waals surface area contributed by atoms with Crippen LogP contribution >= 0.6 is 0 Å². The topological polar surface area (TPSA) is 61.8 Å². The Morgan fingerprint density at radius 1 is 1.04 bits per heavy atom. The van der Waals surface area contributed by atoms with Gasteiger partial charge in [0.15, 0.2) is 13.2 Å². The molecular weight excluding hydrogens is 367 g/mol. The van der Waals surface area contributed by atoms with Gasteiger partial charge in [-0.25, -0.2) is 4.79 Å². The standard InChI is InChI=1S/C16H17F5O5/c1-3-10(2)14(23)26-12-6-4-11(5-7-12)24-8-13(22)25-9-15(17,18)16(19,20)21/h4-7,10H,3,8-9H2,1-2H3. The zero-order chi connectivity index (χ0) is 20.0. The minimum Gasteiger partial charge on any atom is -0.482 e. The summed E-state index contributed by atoms with van der Waals surface area (Å²) >= 11 is 0. The van der Waals surface area contributed by atoms with E-state index in [0.29, 0.717) is 6.42 Å². The highest BCUT2D eigenvalue weighted by atomic mass is 19.4. The SMILES string of the molecule is CCC(C)C(=O)Oc1ccc(OCC(=O)OCC(F)(F)C(F)(F)F)cc1. The molecule has 0 aliphatic carbocycles. The Bertz CT molecular complexity index is 612. The molecule has 0 saturated carbocycles. The van der Waals surface area contributed by atoms with Crippen molar-refractivity contribution in [1.29, 1.82) is 0 Å². The Morgan fingerprint density at radius 2 is 1.58 bits per heavy atom. The molecule has 1 aromatic carbocycles. The molecule has 0 fully saturated rings. The number of alkyl halides is 5. The van der Waals surface area contributed by atoms with Crippen molar-refractivity contribution in [3.63, 3.8) is 0 Å². The summed E-state index contributed by atoms with van der Waals surface area (Å²) in [5, 5.41) is 0. The Morgan fingerprint density at radius 3 is 2.08 bits per heavy atom. The first-order valence-corrected chi connectivity index (χ1v) is 7.51. The van der Waals surface area contributed by atoms with Crippen molar-refractivity contribution >= 4 is 11.9 Å². The minimum atomic E-state index is -5.81. The van der Waals surface area contributed by atoms with Crippen LogP contribution in [0.3, 0.4) is 0 Å².